The molecular formula is C46H39NO7S. The molecule has 1 N–H and O–H groups in total. The Morgan fingerprint density at radius 3 is 1.64 bits per heavy atom. The fourth-order valence-corrected chi connectivity index (χ4v) is 8.53. The number of benzene rings is 6. The van der Waals surface area contributed by atoms with Crippen molar-refractivity contribution in [3.8, 4) is 16.9 Å². The number of esters is 1. The van der Waals surface area contributed by atoms with Crippen molar-refractivity contribution >= 4 is 30.0 Å². The van der Waals surface area contributed by atoms with Crippen LogP contribution in [0, 0.1) is 0 Å². The molecule has 0 heterocycles. The van der Waals surface area contributed by atoms with Gasteiger partial charge in [0, 0.05) is 11.7 Å². The van der Waals surface area contributed by atoms with Crippen molar-refractivity contribution in [3.05, 3.63) is 197 Å². The molecule has 1 aliphatic carbocycles. The first-order valence-corrected chi connectivity index (χ1v) is 18.9. The van der Waals surface area contributed by atoms with Gasteiger partial charge in [-0.25, -0.2) is 14.4 Å². The second-order valence-corrected chi connectivity index (χ2v) is 14.2. The van der Waals surface area contributed by atoms with Crippen molar-refractivity contribution < 1.29 is 33.3 Å². The Balaban J connectivity index is 1.11. The van der Waals surface area contributed by atoms with E-state index < -0.39 is 29.0 Å². The van der Waals surface area contributed by atoms with Crippen LogP contribution in [0.4, 0.5) is 9.59 Å². The van der Waals surface area contributed by atoms with E-state index in [0.29, 0.717) is 5.75 Å². The van der Waals surface area contributed by atoms with Gasteiger partial charge in [-0.05, 0) is 56.6 Å². The highest BCUT2D eigenvalue weighted by Gasteiger charge is 2.39. The maximum Gasteiger partial charge on any atom is 0.517 e. The molecule has 1 atom stereocenters. The minimum Gasteiger partial charge on any atom is -0.497 e. The van der Waals surface area contributed by atoms with Crippen LogP contribution in [0.1, 0.15) is 39.3 Å². The van der Waals surface area contributed by atoms with E-state index in [0.717, 1.165) is 44.5 Å². The van der Waals surface area contributed by atoms with Crippen molar-refractivity contribution in [1.29, 1.82) is 0 Å². The quantitative estimate of drug-likeness (QED) is 0.0709. The van der Waals surface area contributed by atoms with Crippen molar-refractivity contribution in [2.75, 3.05) is 19.5 Å². The Bertz CT molecular complexity index is 2090. The standard InChI is InChI=1S/C46H39NO7S/c1-51-36-27-25-32(26-28-36)29-52-43(48)42(31-55-46(33-15-5-2-6-16-33,34-17-7-3-8-18-34)35-19-9-4-10-20-35)47-44(49)54-45(50)53-30-41-39-23-13-11-21-37(39)38-22-12-14-24-40(38)41/h2-28,41-42H,29-31H2,1H3,(H,47,49)/t42-/m0/s1. The van der Waals surface area contributed by atoms with Crippen LogP contribution in [0.2, 0.25) is 0 Å². The van der Waals surface area contributed by atoms with Crippen LogP contribution in [0.5, 0.6) is 5.75 Å². The first kappa shape index (κ1) is 37.0. The molecule has 0 saturated heterocycles. The van der Waals surface area contributed by atoms with Gasteiger partial charge in [-0.15, -0.1) is 11.8 Å². The molecule has 0 bridgehead atoms. The van der Waals surface area contributed by atoms with Crippen LogP contribution in [-0.4, -0.2) is 43.7 Å². The molecule has 0 spiro atoms. The summed E-state index contributed by atoms with van der Waals surface area (Å²) >= 11 is 1.46. The van der Waals surface area contributed by atoms with Gasteiger partial charge in [-0.2, -0.15) is 0 Å². The van der Waals surface area contributed by atoms with Gasteiger partial charge < -0.3 is 24.3 Å². The van der Waals surface area contributed by atoms with Gasteiger partial charge in [0.2, 0.25) is 0 Å². The molecule has 0 unspecified atom stereocenters. The lowest BCUT2D eigenvalue weighted by molar-refractivity contribution is -0.146. The molecule has 0 saturated carbocycles. The number of hydrogen-bond acceptors (Lipinski definition) is 8. The number of thioether (sulfide) groups is 1. The van der Waals surface area contributed by atoms with E-state index in [1.54, 1.807) is 31.4 Å². The van der Waals surface area contributed by atoms with Gasteiger partial charge in [0.1, 0.15) is 25.0 Å². The number of methoxy groups -OCH3 is 1. The number of amides is 1. The molecule has 6 aromatic carbocycles. The number of carbonyl (C=O) groups is 3. The van der Waals surface area contributed by atoms with Gasteiger partial charge in [0.25, 0.3) is 0 Å². The van der Waals surface area contributed by atoms with Crippen LogP contribution >= 0.6 is 11.8 Å². The van der Waals surface area contributed by atoms with E-state index in [2.05, 4.69) is 5.32 Å². The molecular weight excluding hydrogens is 711 g/mol. The van der Waals surface area contributed by atoms with E-state index >= 15 is 0 Å². The summed E-state index contributed by atoms with van der Waals surface area (Å²) in [6.45, 7) is -0.0780. The van der Waals surface area contributed by atoms with Gasteiger partial charge in [0.15, 0.2) is 0 Å². The minimum atomic E-state index is -1.22. The zero-order chi connectivity index (χ0) is 38.0. The van der Waals surface area contributed by atoms with E-state index in [1.165, 1.54) is 11.8 Å². The zero-order valence-electron chi connectivity index (χ0n) is 30.1. The number of nitrogens with one attached hydrogen (secondary N) is 1. The van der Waals surface area contributed by atoms with Crippen LogP contribution < -0.4 is 10.1 Å². The van der Waals surface area contributed by atoms with Gasteiger partial charge in [0.05, 0.1) is 11.9 Å². The van der Waals surface area contributed by atoms with Crippen LogP contribution in [0.3, 0.4) is 0 Å². The van der Waals surface area contributed by atoms with Crippen molar-refractivity contribution in [3.63, 3.8) is 0 Å². The predicted molar refractivity (Wildman–Crippen MR) is 213 cm³/mol. The second kappa shape index (κ2) is 17.2. The fourth-order valence-electron chi connectivity index (χ4n) is 6.99. The van der Waals surface area contributed by atoms with Crippen molar-refractivity contribution in [2.45, 2.75) is 23.3 Å². The Labute approximate surface area is 324 Å². The third kappa shape index (κ3) is 8.27. The first-order valence-electron chi connectivity index (χ1n) is 17.9. The first-order chi connectivity index (χ1) is 27.0. The summed E-state index contributed by atoms with van der Waals surface area (Å²) in [5.74, 6) is -0.195. The van der Waals surface area contributed by atoms with Crippen molar-refractivity contribution in [2.24, 2.45) is 0 Å². The van der Waals surface area contributed by atoms with Gasteiger partial charge in [-0.3, -0.25) is 0 Å². The van der Waals surface area contributed by atoms with Crippen LogP contribution in [-0.2, 0) is 30.4 Å². The third-order valence-corrected chi connectivity index (χ3v) is 11.3. The minimum absolute atomic E-state index is 0.0307. The average molecular weight is 750 g/mol. The summed E-state index contributed by atoms with van der Waals surface area (Å²) in [5, 5.41) is 2.61. The maximum atomic E-state index is 13.9. The van der Waals surface area contributed by atoms with Crippen LogP contribution in [0.25, 0.3) is 11.1 Å². The lowest BCUT2D eigenvalue weighted by Gasteiger charge is -2.36. The number of alkyl carbamates (subject to hydrolysis) is 1. The summed E-state index contributed by atoms with van der Waals surface area (Å²) in [6, 6.07) is 51.8. The Morgan fingerprint density at radius 1 is 0.636 bits per heavy atom. The largest absolute Gasteiger partial charge is 0.517 e. The molecule has 0 aromatic heterocycles. The molecule has 6 aromatic rings. The number of fused-ring (bicyclic) bond motifs is 3. The SMILES string of the molecule is COc1ccc(COC(=O)[C@H](CSC(c2ccccc2)(c2ccccc2)c2ccccc2)NC(=O)OC(=O)OCC2c3ccccc3-c3ccccc32)cc1. The molecule has 9 heteroatoms. The number of hydrogen-bond donors (Lipinski definition) is 1. The van der Waals surface area contributed by atoms with Gasteiger partial charge in [-0.1, -0.05) is 152 Å². The summed E-state index contributed by atoms with van der Waals surface area (Å²) in [6.07, 6.45) is -2.31. The Kier molecular flexibility index (Phi) is 11.6. The predicted octanol–water partition coefficient (Wildman–Crippen LogP) is 9.51. The molecule has 55 heavy (non-hydrogen) atoms. The number of carbonyl (C=O) groups excluding carboxylic acids is 3. The maximum absolute atomic E-state index is 13.9. The summed E-state index contributed by atoms with van der Waals surface area (Å²) in [4.78, 5) is 40.2. The summed E-state index contributed by atoms with van der Waals surface area (Å²) in [7, 11) is 1.57. The highest BCUT2D eigenvalue weighted by Crippen LogP contribution is 2.49. The van der Waals surface area contributed by atoms with Crippen molar-refractivity contribution in [1.82, 2.24) is 5.32 Å². The number of rotatable bonds is 13. The fraction of sp³-hybridized carbons (Fsp3) is 0.152. The normalized spacial score (nSPS) is 12.5. The van der Waals surface area contributed by atoms with E-state index in [9.17, 15) is 14.4 Å². The van der Waals surface area contributed by atoms with Crippen LogP contribution in [0.15, 0.2) is 164 Å². The zero-order valence-corrected chi connectivity index (χ0v) is 30.9. The lowest BCUT2D eigenvalue weighted by Crippen LogP contribution is -2.45. The average Bonchev–Trinajstić information content (AvgIpc) is 3.56. The molecule has 7 rings (SSSR count). The van der Waals surface area contributed by atoms with E-state index in [1.807, 2.05) is 140 Å². The summed E-state index contributed by atoms with van der Waals surface area (Å²) in [5.41, 5.74) is 7.85. The monoisotopic (exact) mass is 749 g/mol. The molecule has 276 valence electrons. The summed E-state index contributed by atoms with van der Waals surface area (Å²) < 4.78 is 20.8. The molecule has 0 radical (unpaired) electrons. The molecule has 0 fully saturated rings. The highest BCUT2D eigenvalue weighted by molar-refractivity contribution is 8.00. The topological polar surface area (TPSA) is 100 Å². The van der Waals surface area contributed by atoms with Gasteiger partial charge >= 0.3 is 18.2 Å². The smallest absolute Gasteiger partial charge is 0.497 e. The molecule has 1 aliphatic rings. The second-order valence-electron chi connectivity index (χ2n) is 12.9. The molecule has 0 aliphatic heterocycles. The highest BCUT2D eigenvalue weighted by atomic mass is 32.2. The number of ether oxygens (including phenoxy) is 4. The third-order valence-electron chi connectivity index (χ3n) is 9.63. The lowest BCUT2D eigenvalue weighted by atomic mass is 9.84. The Morgan fingerprint density at radius 2 is 1.13 bits per heavy atom. The Hall–Kier alpha value is -6.32. The van der Waals surface area contributed by atoms with E-state index in [-0.39, 0.29) is 24.9 Å². The molecule has 8 nitrogen and oxygen atoms in total. The molecule has 1 amide bonds. The van der Waals surface area contributed by atoms with E-state index in [4.69, 9.17) is 18.9 Å².